The Morgan fingerprint density at radius 3 is 2.89 bits per heavy atom. The summed E-state index contributed by atoms with van der Waals surface area (Å²) in [5, 5.41) is 14.3. The monoisotopic (exact) mass is 255 g/mol. The van der Waals surface area contributed by atoms with Gasteiger partial charge in [0.1, 0.15) is 0 Å². The van der Waals surface area contributed by atoms with Crippen molar-refractivity contribution in [2.24, 2.45) is 11.8 Å². The van der Waals surface area contributed by atoms with Crippen molar-refractivity contribution in [3.63, 3.8) is 0 Å². The predicted molar refractivity (Wildman–Crippen MR) is 79.1 cm³/mol. The summed E-state index contributed by atoms with van der Waals surface area (Å²) in [5.74, 6) is 2.50. The minimum atomic E-state index is 0.532. The van der Waals surface area contributed by atoms with Crippen LogP contribution in [0.2, 0.25) is 0 Å². The number of anilines is 1. The number of nitrogens with zero attached hydrogens (tertiary/aromatic N) is 2. The summed E-state index contributed by atoms with van der Waals surface area (Å²) < 4.78 is 0. The lowest BCUT2D eigenvalue weighted by Gasteiger charge is -2.21. The first-order valence-electron chi connectivity index (χ1n) is 7.26. The molecule has 1 heterocycles. The van der Waals surface area contributed by atoms with E-state index in [2.05, 4.69) is 47.6 Å². The molecule has 0 bridgehead atoms. The molecule has 1 aromatic carbocycles. The van der Waals surface area contributed by atoms with Crippen LogP contribution in [0.25, 0.3) is 10.8 Å². The van der Waals surface area contributed by atoms with Gasteiger partial charge in [0.05, 0.1) is 6.20 Å². The molecule has 19 heavy (non-hydrogen) atoms. The number of fused-ring (bicyclic) bond motifs is 1. The molecule has 3 heteroatoms. The van der Waals surface area contributed by atoms with Gasteiger partial charge in [-0.1, -0.05) is 44.5 Å². The van der Waals surface area contributed by atoms with Gasteiger partial charge >= 0.3 is 0 Å². The molecule has 1 fully saturated rings. The summed E-state index contributed by atoms with van der Waals surface area (Å²) in [4.78, 5) is 0. The zero-order chi connectivity index (χ0) is 13.2. The van der Waals surface area contributed by atoms with Gasteiger partial charge in [-0.3, -0.25) is 0 Å². The number of aromatic nitrogens is 2. The second kappa shape index (κ2) is 5.16. The van der Waals surface area contributed by atoms with Crippen molar-refractivity contribution >= 4 is 16.6 Å². The fourth-order valence-corrected chi connectivity index (χ4v) is 3.34. The summed E-state index contributed by atoms with van der Waals surface area (Å²) in [7, 11) is 0. The molecule has 0 saturated heterocycles. The zero-order valence-electron chi connectivity index (χ0n) is 11.6. The third kappa shape index (κ3) is 2.29. The Hall–Kier alpha value is -1.64. The van der Waals surface area contributed by atoms with Crippen molar-refractivity contribution in [2.75, 3.05) is 5.32 Å². The molecule has 1 aromatic heterocycles. The maximum atomic E-state index is 4.29. The fraction of sp³-hybridized carbons (Fsp3) is 0.500. The summed E-state index contributed by atoms with van der Waals surface area (Å²) >= 11 is 0. The molecule has 1 aliphatic carbocycles. The Labute approximate surface area is 114 Å². The second-order valence-electron chi connectivity index (χ2n) is 5.64. The van der Waals surface area contributed by atoms with Crippen molar-refractivity contribution < 1.29 is 0 Å². The Bertz CT molecular complexity index is 561. The van der Waals surface area contributed by atoms with Crippen LogP contribution in [0.3, 0.4) is 0 Å². The second-order valence-corrected chi connectivity index (χ2v) is 5.64. The zero-order valence-corrected chi connectivity index (χ0v) is 11.6. The van der Waals surface area contributed by atoms with E-state index in [0.29, 0.717) is 12.0 Å². The molecule has 0 spiro atoms. The van der Waals surface area contributed by atoms with Crippen molar-refractivity contribution in [3.05, 3.63) is 30.5 Å². The van der Waals surface area contributed by atoms with Crippen LogP contribution >= 0.6 is 0 Å². The van der Waals surface area contributed by atoms with Gasteiger partial charge in [0.25, 0.3) is 0 Å². The molecule has 3 rings (SSSR count). The van der Waals surface area contributed by atoms with Crippen molar-refractivity contribution in [2.45, 2.75) is 39.2 Å². The van der Waals surface area contributed by atoms with Gasteiger partial charge in [-0.05, 0) is 24.7 Å². The maximum Gasteiger partial charge on any atom is 0.156 e. The molecule has 2 aromatic rings. The van der Waals surface area contributed by atoms with E-state index in [1.54, 1.807) is 0 Å². The van der Waals surface area contributed by atoms with Crippen LogP contribution in [-0.4, -0.2) is 16.2 Å². The lowest BCUT2D eigenvalue weighted by atomic mass is 9.93. The number of benzene rings is 1. The third-order valence-corrected chi connectivity index (χ3v) is 4.64. The van der Waals surface area contributed by atoms with Crippen LogP contribution < -0.4 is 5.32 Å². The summed E-state index contributed by atoms with van der Waals surface area (Å²) in [6, 6.07) is 8.83. The Balaban J connectivity index is 1.86. The maximum absolute atomic E-state index is 4.29. The van der Waals surface area contributed by atoms with Gasteiger partial charge in [0.15, 0.2) is 5.82 Å². The van der Waals surface area contributed by atoms with Crippen molar-refractivity contribution in [3.8, 4) is 0 Å². The molecular formula is C16H21N3. The van der Waals surface area contributed by atoms with Gasteiger partial charge in [-0.2, -0.15) is 5.10 Å². The SMILES string of the molecule is CCC1CCC(Nc2nncc3ccccc23)C1C. The van der Waals surface area contributed by atoms with E-state index in [1.807, 2.05) is 12.3 Å². The number of hydrogen-bond acceptors (Lipinski definition) is 3. The van der Waals surface area contributed by atoms with Crippen LogP contribution in [0.1, 0.15) is 33.1 Å². The highest BCUT2D eigenvalue weighted by Gasteiger charge is 2.31. The molecule has 1 N–H and O–H groups in total. The van der Waals surface area contributed by atoms with Crippen LogP contribution in [0.4, 0.5) is 5.82 Å². The quantitative estimate of drug-likeness (QED) is 0.904. The summed E-state index contributed by atoms with van der Waals surface area (Å²) in [6.07, 6.45) is 5.67. The lowest BCUT2D eigenvalue weighted by Crippen LogP contribution is -2.25. The van der Waals surface area contributed by atoms with E-state index in [4.69, 9.17) is 0 Å². The van der Waals surface area contributed by atoms with E-state index in [0.717, 1.165) is 17.1 Å². The fourth-order valence-electron chi connectivity index (χ4n) is 3.34. The highest BCUT2D eigenvalue weighted by molar-refractivity contribution is 5.90. The van der Waals surface area contributed by atoms with Crippen LogP contribution in [0.5, 0.6) is 0 Å². The lowest BCUT2D eigenvalue weighted by molar-refractivity contribution is 0.391. The molecule has 3 atom stereocenters. The molecule has 1 aliphatic rings. The number of hydrogen-bond donors (Lipinski definition) is 1. The molecule has 0 radical (unpaired) electrons. The van der Waals surface area contributed by atoms with Crippen molar-refractivity contribution in [1.29, 1.82) is 0 Å². The number of nitrogens with one attached hydrogen (secondary N) is 1. The Morgan fingerprint density at radius 1 is 1.26 bits per heavy atom. The minimum absolute atomic E-state index is 0.532. The highest BCUT2D eigenvalue weighted by atomic mass is 15.2. The summed E-state index contributed by atoms with van der Waals surface area (Å²) in [6.45, 7) is 4.65. The third-order valence-electron chi connectivity index (χ3n) is 4.64. The molecule has 100 valence electrons. The Kier molecular flexibility index (Phi) is 3.36. The first-order chi connectivity index (χ1) is 9.29. The van der Waals surface area contributed by atoms with Crippen LogP contribution in [0, 0.1) is 11.8 Å². The van der Waals surface area contributed by atoms with E-state index in [9.17, 15) is 0 Å². The van der Waals surface area contributed by atoms with Crippen LogP contribution in [0.15, 0.2) is 30.5 Å². The smallest absolute Gasteiger partial charge is 0.156 e. The topological polar surface area (TPSA) is 37.8 Å². The van der Waals surface area contributed by atoms with E-state index in [1.165, 1.54) is 24.6 Å². The first-order valence-corrected chi connectivity index (χ1v) is 7.26. The van der Waals surface area contributed by atoms with Crippen molar-refractivity contribution in [1.82, 2.24) is 10.2 Å². The molecule has 0 amide bonds. The molecule has 3 unspecified atom stereocenters. The van der Waals surface area contributed by atoms with Gasteiger partial charge in [-0.15, -0.1) is 5.10 Å². The standard InChI is InChI=1S/C16H21N3/c1-3-12-8-9-15(11(12)2)18-16-14-7-5-4-6-13(14)10-17-19-16/h4-7,10-12,15H,3,8-9H2,1-2H3,(H,18,19). The van der Waals surface area contributed by atoms with Gasteiger partial charge in [-0.25, -0.2) is 0 Å². The normalized spacial score (nSPS) is 26.7. The summed E-state index contributed by atoms with van der Waals surface area (Å²) in [5.41, 5.74) is 0. The number of rotatable bonds is 3. The van der Waals surface area contributed by atoms with Gasteiger partial charge in [0, 0.05) is 16.8 Å². The molecule has 3 nitrogen and oxygen atoms in total. The van der Waals surface area contributed by atoms with Gasteiger partial charge < -0.3 is 5.32 Å². The molecule has 0 aliphatic heterocycles. The molecule has 1 saturated carbocycles. The van der Waals surface area contributed by atoms with Crippen LogP contribution in [-0.2, 0) is 0 Å². The van der Waals surface area contributed by atoms with E-state index in [-0.39, 0.29) is 0 Å². The Morgan fingerprint density at radius 2 is 2.11 bits per heavy atom. The minimum Gasteiger partial charge on any atom is -0.365 e. The largest absolute Gasteiger partial charge is 0.365 e. The highest BCUT2D eigenvalue weighted by Crippen LogP contribution is 2.36. The van der Waals surface area contributed by atoms with Gasteiger partial charge in [0.2, 0.25) is 0 Å². The molecular weight excluding hydrogens is 234 g/mol. The predicted octanol–water partition coefficient (Wildman–Crippen LogP) is 3.87. The average molecular weight is 255 g/mol. The average Bonchev–Trinajstić information content (AvgIpc) is 2.80. The van der Waals surface area contributed by atoms with E-state index >= 15 is 0 Å². The van der Waals surface area contributed by atoms with E-state index < -0.39 is 0 Å². The first kappa shape index (κ1) is 12.4.